The quantitative estimate of drug-likeness (QED) is 0.514. The average molecular weight is 387 g/mol. The highest BCUT2D eigenvalue weighted by Crippen LogP contribution is 2.34. The molecule has 0 bridgehead atoms. The molecule has 8 heteroatoms. The summed E-state index contributed by atoms with van der Waals surface area (Å²) < 4.78 is 5.50. The summed E-state index contributed by atoms with van der Waals surface area (Å²) in [6.45, 7) is 4.65. The van der Waals surface area contributed by atoms with Crippen molar-refractivity contribution in [3.63, 3.8) is 0 Å². The Hall–Kier alpha value is -3.68. The highest BCUT2D eigenvalue weighted by atomic mass is 16.5. The molecule has 0 aliphatic heterocycles. The molecule has 4 rings (SSSR count). The SMILES string of the molecule is CCc1onc(C)c1-c1nc(NCCc2ccncc2)ncc1-c1cnccn1. The maximum atomic E-state index is 5.50. The zero-order chi connectivity index (χ0) is 20.1. The summed E-state index contributed by atoms with van der Waals surface area (Å²) in [7, 11) is 0. The first-order valence-electron chi connectivity index (χ1n) is 9.48. The van der Waals surface area contributed by atoms with Crippen LogP contribution in [0.5, 0.6) is 0 Å². The van der Waals surface area contributed by atoms with Gasteiger partial charge in [-0.3, -0.25) is 15.0 Å². The van der Waals surface area contributed by atoms with Crippen LogP contribution in [0.25, 0.3) is 22.5 Å². The lowest BCUT2D eigenvalue weighted by Gasteiger charge is -2.11. The van der Waals surface area contributed by atoms with Crippen LogP contribution in [-0.4, -0.2) is 36.6 Å². The fourth-order valence-corrected chi connectivity index (χ4v) is 3.11. The Kier molecular flexibility index (Phi) is 5.51. The lowest BCUT2D eigenvalue weighted by atomic mass is 10.0. The third kappa shape index (κ3) is 4.11. The van der Waals surface area contributed by atoms with Gasteiger partial charge in [-0.05, 0) is 31.0 Å². The van der Waals surface area contributed by atoms with Crippen LogP contribution in [0.15, 0.2) is 53.8 Å². The van der Waals surface area contributed by atoms with E-state index in [9.17, 15) is 0 Å². The van der Waals surface area contributed by atoms with E-state index in [4.69, 9.17) is 9.51 Å². The number of aryl methyl sites for hydroxylation is 2. The van der Waals surface area contributed by atoms with Crippen LogP contribution in [0, 0.1) is 6.92 Å². The van der Waals surface area contributed by atoms with Gasteiger partial charge in [0.1, 0.15) is 5.76 Å². The van der Waals surface area contributed by atoms with E-state index in [1.54, 1.807) is 37.2 Å². The normalized spacial score (nSPS) is 10.8. The van der Waals surface area contributed by atoms with Gasteiger partial charge in [0, 0.05) is 49.5 Å². The van der Waals surface area contributed by atoms with Crippen LogP contribution >= 0.6 is 0 Å². The summed E-state index contributed by atoms with van der Waals surface area (Å²) >= 11 is 0. The van der Waals surface area contributed by atoms with Crippen molar-refractivity contribution in [1.29, 1.82) is 0 Å². The molecule has 8 nitrogen and oxygen atoms in total. The molecular weight excluding hydrogens is 366 g/mol. The molecule has 4 aromatic heterocycles. The maximum absolute atomic E-state index is 5.50. The molecule has 0 radical (unpaired) electrons. The molecule has 29 heavy (non-hydrogen) atoms. The van der Waals surface area contributed by atoms with Crippen molar-refractivity contribution in [2.75, 3.05) is 11.9 Å². The van der Waals surface area contributed by atoms with Crippen molar-refractivity contribution < 1.29 is 4.52 Å². The Bertz CT molecular complexity index is 1080. The summed E-state index contributed by atoms with van der Waals surface area (Å²) in [5, 5.41) is 7.43. The van der Waals surface area contributed by atoms with Crippen LogP contribution in [0.3, 0.4) is 0 Å². The van der Waals surface area contributed by atoms with Crippen molar-refractivity contribution >= 4 is 5.95 Å². The van der Waals surface area contributed by atoms with Crippen molar-refractivity contribution in [2.45, 2.75) is 26.7 Å². The van der Waals surface area contributed by atoms with Crippen molar-refractivity contribution in [3.05, 3.63) is 66.3 Å². The molecule has 146 valence electrons. The van der Waals surface area contributed by atoms with Gasteiger partial charge in [0.05, 0.1) is 28.8 Å². The zero-order valence-electron chi connectivity index (χ0n) is 16.3. The van der Waals surface area contributed by atoms with Gasteiger partial charge in [-0.1, -0.05) is 12.1 Å². The lowest BCUT2D eigenvalue weighted by molar-refractivity contribution is 0.383. The number of anilines is 1. The smallest absolute Gasteiger partial charge is 0.223 e. The van der Waals surface area contributed by atoms with Crippen LogP contribution in [0.4, 0.5) is 5.95 Å². The van der Waals surface area contributed by atoms with Crippen molar-refractivity contribution in [3.8, 4) is 22.5 Å². The van der Waals surface area contributed by atoms with Gasteiger partial charge in [0.15, 0.2) is 0 Å². The number of hydrogen-bond donors (Lipinski definition) is 1. The highest BCUT2D eigenvalue weighted by Gasteiger charge is 2.21. The third-order valence-electron chi connectivity index (χ3n) is 4.57. The average Bonchev–Trinajstić information content (AvgIpc) is 3.15. The summed E-state index contributed by atoms with van der Waals surface area (Å²) in [6.07, 6.45) is 11.9. The third-order valence-corrected chi connectivity index (χ3v) is 4.57. The number of nitrogens with one attached hydrogen (secondary N) is 1. The molecule has 0 saturated heterocycles. The van der Waals surface area contributed by atoms with E-state index in [1.807, 2.05) is 26.0 Å². The van der Waals surface area contributed by atoms with Gasteiger partial charge in [-0.15, -0.1) is 0 Å². The molecule has 0 aliphatic rings. The van der Waals surface area contributed by atoms with Crippen molar-refractivity contribution in [1.82, 2.24) is 30.1 Å². The molecule has 0 amide bonds. The fraction of sp³-hybridized carbons (Fsp3) is 0.238. The second kappa shape index (κ2) is 8.55. The Morgan fingerprint density at radius 2 is 1.86 bits per heavy atom. The minimum absolute atomic E-state index is 0.546. The summed E-state index contributed by atoms with van der Waals surface area (Å²) in [5.74, 6) is 1.33. The molecule has 0 atom stereocenters. The molecular formula is C21H21N7O. The first-order valence-corrected chi connectivity index (χ1v) is 9.48. The van der Waals surface area contributed by atoms with Crippen LogP contribution < -0.4 is 5.32 Å². The first kappa shape index (κ1) is 18.7. The number of nitrogens with zero attached hydrogens (tertiary/aromatic N) is 6. The van der Waals surface area contributed by atoms with E-state index < -0.39 is 0 Å². The Labute approximate surface area is 168 Å². The molecule has 0 unspecified atom stereocenters. The molecule has 4 aromatic rings. The van der Waals surface area contributed by atoms with Gasteiger partial charge in [0.2, 0.25) is 5.95 Å². The second-order valence-corrected chi connectivity index (χ2v) is 6.50. The van der Waals surface area contributed by atoms with Crippen LogP contribution in [0.1, 0.15) is 23.9 Å². The molecule has 0 saturated carbocycles. The number of hydrogen-bond acceptors (Lipinski definition) is 8. The highest BCUT2D eigenvalue weighted by molar-refractivity contribution is 5.80. The largest absolute Gasteiger partial charge is 0.360 e. The van der Waals surface area contributed by atoms with E-state index >= 15 is 0 Å². The topological polar surface area (TPSA) is 103 Å². The van der Waals surface area contributed by atoms with Gasteiger partial charge in [0.25, 0.3) is 0 Å². The predicted molar refractivity (Wildman–Crippen MR) is 109 cm³/mol. The Morgan fingerprint density at radius 1 is 1.00 bits per heavy atom. The van der Waals surface area contributed by atoms with Gasteiger partial charge in [-0.2, -0.15) is 0 Å². The molecule has 4 heterocycles. The fourth-order valence-electron chi connectivity index (χ4n) is 3.11. The van der Waals surface area contributed by atoms with Gasteiger partial charge < -0.3 is 9.84 Å². The lowest BCUT2D eigenvalue weighted by Crippen LogP contribution is -2.09. The summed E-state index contributed by atoms with van der Waals surface area (Å²) in [6, 6.07) is 4.00. The van der Waals surface area contributed by atoms with E-state index in [1.165, 1.54) is 5.56 Å². The number of rotatable bonds is 7. The van der Waals surface area contributed by atoms with Gasteiger partial charge >= 0.3 is 0 Å². The Morgan fingerprint density at radius 3 is 2.62 bits per heavy atom. The molecule has 0 aromatic carbocycles. The molecule has 0 spiro atoms. The maximum Gasteiger partial charge on any atom is 0.223 e. The van der Waals surface area contributed by atoms with E-state index in [0.717, 1.165) is 34.7 Å². The zero-order valence-corrected chi connectivity index (χ0v) is 16.3. The van der Waals surface area contributed by atoms with E-state index in [2.05, 4.69) is 30.4 Å². The number of aromatic nitrogens is 6. The standard InChI is InChI=1S/C21H21N7O/c1-3-18-19(14(2)28-29-18)20-16(17-13-23-10-11-24-17)12-26-21(27-20)25-9-6-15-4-7-22-8-5-15/h4-5,7-8,10-13H,3,6,9H2,1-2H3,(H,25,26,27). The number of pyridine rings is 1. The molecule has 0 aliphatic carbocycles. The minimum atomic E-state index is 0.546. The van der Waals surface area contributed by atoms with Crippen LogP contribution in [-0.2, 0) is 12.8 Å². The first-order chi connectivity index (χ1) is 14.3. The second-order valence-electron chi connectivity index (χ2n) is 6.50. The summed E-state index contributed by atoms with van der Waals surface area (Å²) in [5.41, 5.74) is 5.10. The minimum Gasteiger partial charge on any atom is -0.360 e. The summed E-state index contributed by atoms with van der Waals surface area (Å²) in [4.78, 5) is 21.9. The Balaban J connectivity index is 1.68. The molecule has 1 N–H and O–H groups in total. The van der Waals surface area contributed by atoms with Crippen molar-refractivity contribution in [2.24, 2.45) is 0 Å². The van der Waals surface area contributed by atoms with Crippen LogP contribution in [0.2, 0.25) is 0 Å². The predicted octanol–water partition coefficient (Wildman–Crippen LogP) is 3.51. The van der Waals surface area contributed by atoms with E-state index in [0.29, 0.717) is 24.6 Å². The molecule has 0 fully saturated rings. The van der Waals surface area contributed by atoms with E-state index in [-0.39, 0.29) is 0 Å². The monoisotopic (exact) mass is 387 g/mol. The van der Waals surface area contributed by atoms with Gasteiger partial charge in [-0.25, -0.2) is 9.97 Å².